The van der Waals surface area contributed by atoms with E-state index in [1.54, 1.807) is 23.9 Å². The van der Waals surface area contributed by atoms with Gasteiger partial charge in [0.2, 0.25) is 0 Å². The van der Waals surface area contributed by atoms with E-state index in [1.165, 1.54) is 6.07 Å². The van der Waals surface area contributed by atoms with Crippen LogP contribution in [0.3, 0.4) is 0 Å². The maximum absolute atomic E-state index is 13.3. The van der Waals surface area contributed by atoms with E-state index in [0.717, 1.165) is 15.4 Å². The monoisotopic (exact) mass is 295 g/mol. The molecular weight excluding hydrogens is 281 g/mol. The molecule has 0 saturated heterocycles. The Hall–Kier alpha value is -1.03. The first-order valence-electron chi connectivity index (χ1n) is 6.02. The van der Waals surface area contributed by atoms with Crippen LogP contribution < -0.4 is 5.73 Å². The van der Waals surface area contributed by atoms with Crippen molar-refractivity contribution in [1.82, 2.24) is 0 Å². The zero-order valence-corrected chi connectivity index (χ0v) is 12.1. The summed E-state index contributed by atoms with van der Waals surface area (Å²) in [5.41, 5.74) is 6.75. The number of rotatable bonds is 4. The summed E-state index contributed by atoms with van der Waals surface area (Å²) in [6.07, 6.45) is 0.660. The molecule has 100 valence electrons. The molecule has 1 unspecified atom stereocenters. The number of nitrogens with two attached hydrogens (primary N) is 1. The van der Waals surface area contributed by atoms with Crippen LogP contribution in [-0.2, 0) is 6.42 Å². The van der Waals surface area contributed by atoms with E-state index >= 15 is 0 Å². The first kappa shape index (κ1) is 14.4. The van der Waals surface area contributed by atoms with Crippen molar-refractivity contribution in [3.63, 3.8) is 0 Å². The molecule has 0 bridgehead atoms. The number of halogens is 2. The van der Waals surface area contributed by atoms with Crippen LogP contribution >= 0.6 is 23.4 Å². The van der Waals surface area contributed by atoms with Crippen LogP contribution in [0, 0.1) is 5.82 Å². The van der Waals surface area contributed by atoms with Crippen LogP contribution in [0.5, 0.6) is 0 Å². The normalized spacial score (nSPS) is 12.4. The van der Waals surface area contributed by atoms with Crippen LogP contribution in [0.4, 0.5) is 4.39 Å². The predicted molar refractivity (Wildman–Crippen MR) is 79.3 cm³/mol. The molecule has 2 aromatic carbocycles. The van der Waals surface area contributed by atoms with E-state index in [0.29, 0.717) is 11.4 Å². The first-order valence-corrected chi connectivity index (χ1v) is 7.21. The van der Waals surface area contributed by atoms with E-state index in [4.69, 9.17) is 17.3 Å². The van der Waals surface area contributed by atoms with Crippen LogP contribution in [0.25, 0.3) is 0 Å². The third-order valence-electron chi connectivity index (χ3n) is 2.61. The lowest BCUT2D eigenvalue weighted by Gasteiger charge is -2.11. The van der Waals surface area contributed by atoms with Gasteiger partial charge in [-0.05, 0) is 61.4 Å². The Balaban J connectivity index is 2.26. The Bertz CT molecular complexity index is 555. The molecule has 0 radical (unpaired) electrons. The number of hydrogen-bond acceptors (Lipinski definition) is 2. The predicted octanol–water partition coefficient (Wildman–Crippen LogP) is 4.52. The highest BCUT2D eigenvalue weighted by Crippen LogP contribution is 2.32. The summed E-state index contributed by atoms with van der Waals surface area (Å²) in [6.45, 7) is 1.92. The molecule has 1 atom stereocenters. The fourth-order valence-corrected chi connectivity index (χ4v) is 2.85. The zero-order chi connectivity index (χ0) is 13.8. The minimum Gasteiger partial charge on any atom is -0.328 e. The van der Waals surface area contributed by atoms with Crippen LogP contribution in [0.2, 0.25) is 5.02 Å². The van der Waals surface area contributed by atoms with Crippen LogP contribution in [0.1, 0.15) is 12.5 Å². The first-order chi connectivity index (χ1) is 9.04. The molecule has 0 aromatic heterocycles. The van der Waals surface area contributed by atoms with Gasteiger partial charge in [-0.3, -0.25) is 0 Å². The van der Waals surface area contributed by atoms with Gasteiger partial charge in [0.15, 0.2) is 0 Å². The van der Waals surface area contributed by atoms with Crippen molar-refractivity contribution in [2.24, 2.45) is 5.73 Å². The van der Waals surface area contributed by atoms with Crippen molar-refractivity contribution in [3.8, 4) is 0 Å². The van der Waals surface area contributed by atoms with Crippen molar-refractivity contribution in [2.75, 3.05) is 0 Å². The lowest BCUT2D eigenvalue weighted by atomic mass is 10.1. The maximum atomic E-state index is 13.3. The molecule has 4 heteroatoms. The van der Waals surface area contributed by atoms with Crippen molar-refractivity contribution in [2.45, 2.75) is 29.2 Å². The van der Waals surface area contributed by atoms with Crippen molar-refractivity contribution >= 4 is 23.4 Å². The summed E-state index contributed by atoms with van der Waals surface area (Å²) < 4.78 is 13.3. The van der Waals surface area contributed by atoms with Crippen molar-refractivity contribution < 1.29 is 4.39 Å². The van der Waals surface area contributed by atoms with Crippen molar-refractivity contribution in [3.05, 3.63) is 58.9 Å². The molecule has 0 saturated carbocycles. The minimum atomic E-state index is -0.226. The van der Waals surface area contributed by atoms with Crippen LogP contribution in [0.15, 0.2) is 52.3 Å². The lowest BCUT2D eigenvalue weighted by Crippen LogP contribution is -2.18. The van der Waals surface area contributed by atoms with Gasteiger partial charge in [-0.1, -0.05) is 23.4 Å². The Morgan fingerprint density at radius 2 is 1.89 bits per heavy atom. The van der Waals surface area contributed by atoms with E-state index in [1.807, 2.05) is 31.2 Å². The van der Waals surface area contributed by atoms with Crippen LogP contribution in [-0.4, -0.2) is 6.04 Å². The van der Waals surface area contributed by atoms with E-state index < -0.39 is 0 Å². The smallest absolute Gasteiger partial charge is 0.123 e. The molecule has 0 fully saturated rings. The van der Waals surface area contributed by atoms with Crippen molar-refractivity contribution in [1.29, 1.82) is 0 Å². The summed E-state index contributed by atoms with van der Waals surface area (Å²) in [5.74, 6) is -0.226. The molecule has 0 heterocycles. The van der Waals surface area contributed by atoms with E-state index in [-0.39, 0.29) is 11.9 Å². The summed E-state index contributed by atoms with van der Waals surface area (Å²) in [6, 6.07) is 12.4. The fourth-order valence-electron chi connectivity index (χ4n) is 1.78. The van der Waals surface area contributed by atoms with Gasteiger partial charge in [0, 0.05) is 20.9 Å². The van der Waals surface area contributed by atoms with Gasteiger partial charge in [0.05, 0.1) is 0 Å². The fraction of sp³-hybridized carbons (Fsp3) is 0.200. The maximum Gasteiger partial charge on any atom is 0.123 e. The zero-order valence-electron chi connectivity index (χ0n) is 10.6. The standard InChI is InChI=1S/C15H15ClFNS/c1-10(18)8-11-9-13(17)4-7-15(11)19-14-5-2-12(16)3-6-14/h2-7,9-10H,8,18H2,1H3. The Labute approximate surface area is 122 Å². The molecule has 1 nitrogen and oxygen atoms in total. The lowest BCUT2D eigenvalue weighted by molar-refractivity contribution is 0.620. The molecule has 0 aliphatic heterocycles. The third-order valence-corrected chi connectivity index (χ3v) is 3.98. The van der Waals surface area contributed by atoms with Gasteiger partial charge in [-0.25, -0.2) is 4.39 Å². The number of benzene rings is 2. The topological polar surface area (TPSA) is 26.0 Å². The molecule has 2 rings (SSSR count). The molecule has 0 aliphatic rings. The SMILES string of the molecule is CC(N)Cc1cc(F)ccc1Sc1ccc(Cl)cc1. The summed E-state index contributed by atoms with van der Waals surface area (Å²) >= 11 is 7.45. The quantitative estimate of drug-likeness (QED) is 0.897. The summed E-state index contributed by atoms with van der Waals surface area (Å²) in [5, 5.41) is 0.708. The molecule has 0 amide bonds. The van der Waals surface area contributed by atoms with Gasteiger partial charge in [-0.15, -0.1) is 0 Å². The number of hydrogen-bond donors (Lipinski definition) is 1. The largest absolute Gasteiger partial charge is 0.328 e. The highest BCUT2D eigenvalue weighted by atomic mass is 35.5. The molecule has 0 aliphatic carbocycles. The molecule has 19 heavy (non-hydrogen) atoms. The minimum absolute atomic E-state index is 0.00590. The summed E-state index contributed by atoms with van der Waals surface area (Å²) in [4.78, 5) is 2.10. The second-order valence-corrected chi connectivity index (χ2v) is 6.04. The molecule has 2 aromatic rings. The Kier molecular flexibility index (Phi) is 4.86. The van der Waals surface area contributed by atoms with Gasteiger partial charge in [0.1, 0.15) is 5.82 Å². The second kappa shape index (κ2) is 6.42. The van der Waals surface area contributed by atoms with Gasteiger partial charge < -0.3 is 5.73 Å². The summed E-state index contributed by atoms with van der Waals surface area (Å²) in [7, 11) is 0. The highest BCUT2D eigenvalue weighted by Gasteiger charge is 2.08. The third kappa shape index (κ3) is 4.23. The van der Waals surface area contributed by atoms with E-state index in [9.17, 15) is 4.39 Å². The molecule has 0 spiro atoms. The highest BCUT2D eigenvalue weighted by molar-refractivity contribution is 7.99. The molecular formula is C15H15ClFNS. The molecule has 2 N–H and O–H groups in total. The van der Waals surface area contributed by atoms with Gasteiger partial charge in [0.25, 0.3) is 0 Å². The average molecular weight is 296 g/mol. The van der Waals surface area contributed by atoms with E-state index in [2.05, 4.69) is 0 Å². The van der Waals surface area contributed by atoms with Gasteiger partial charge in [-0.2, -0.15) is 0 Å². The second-order valence-electron chi connectivity index (χ2n) is 4.49. The average Bonchev–Trinajstić information content (AvgIpc) is 2.34. The van der Waals surface area contributed by atoms with Gasteiger partial charge >= 0.3 is 0 Å². The Morgan fingerprint density at radius 1 is 1.21 bits per heavy atom. The Morgan fingerprint density at radius 3 is 2.53 bits per heavy atom.